The van der Waals surface area contributed by atoms with Crippen molar-refractivity contribution < 1.29 is 4.79 Å². The molecule has 0 radical (unpaired) electrons. The van der Waals surface area contributed by atoms with Gasteiger partial charge in [0.15, 0.2) is 0 Å². The lowest BCUT2D eigenvalue weighted by Crippen LogP contribution is -2.31. The Morgan fingerprint density at radius 3 is 2.55 bits per heavy atom. The molecular formula is C16H17ClN2O. The summed E-state index contributed by atoms with van der Waals surface area (Å²) in [5, 5.41) is 0.467. The number of aryl methyl sites for hydroxylation is 1. The summed E-state index contributed by atoms with van der Waals surface area (Å²) < 4.78 is 0. The number of hydrogen-bond acceptors (Lipinski definition) is 2. The molecule has 0 aliphatic heterocycles. The van der Waals surface area contributed by atoms with Gasteiger partial charge in [0.05, 0.1) is 0 Å². The Kier molecular flexibility index (Phi) is 4.30. The molecule has 0 heterocycles. The molecule has 2 rings (SSSR count). The van der Waals surface area contributed by atoms with Crippen LogP contribution in [0.5, 0.6) is 0 Å². The second-order valence-electron chi connectivity index (χ2n) is 4.61. The fourth-order valence-corrected chi connectivity index (χ4v) is 2.42. The van der Waals surface area contributed by atoms with Gasteiger partial charge >= 0.3 is 0 Å². The Hall–Kier alpha value is -2.00. The molecule has 3 nitrogen and oxygen atoms in total. The zero-order valence-electron chi connectivity index (χ0n) is 11.6. The SMILES string of the molecule is CCN(C(=O)c1cc(N)cc(Cl)c1)c1ccccc1C. The van der Waals surface area contributed by atoms with E-state index in [1.54, 1.807) is 23.1 Å². The lowest BCUT2D eigenvalue weighted by Gasteiger charge is -2.23. The number of rotatable bonds is 3. The lowest BCUT2D eigenvalue weighted by atomic mass is 10.1. The molecule has 0 atom stereocenters. The molecule has 1 amide bonds. The first kappa shape index (κ1) is 14.4. The topological polar surface area (TPSA) is 46.3 Å². The van der Waals surface area contributed by atoms with Gasteiger partial charge in [0.2, 0.25) is 0 Å². The third-order valence-electron chi connectivity index (χ3n) is 3.13. The Bertz CT molecular complexity index is 620. The zero-order chi connectivity index (χ0) is 14.7. The summed E-state index contributed by atoms with van der Waals surface area (Å²) in [7, 11) is 0. The zero-order valence-corrected chi connectivity index (χ0v) is 12.3. The number of benzene rings is 2. The summed E-state index contributed by atoms with van der Waals surface area (Å²) in [6.45, 7) is 4.51. The summed E-state index contributed by atoms with van der Waals surface area (Å²) in [5.74, 6) is -0.101. The van der Waals surface area contributed by atoms with E-state index in [-0.39, 0.29) is 5.91 Å². The number of carbonyl (C=O) groups excluding carboxylic acids is 1. The van der Waals surface area contributed by atoms with Gasteiger partial charge in [-0.1, -0.05) is 29.8 Å². The smallest absolute Gasteiger partial charge is 0.258 e. The van der Waals surface area contributed by atoms with Gasteiger partial charge in [-0.15, -0.1) is 0 Å². The van der Waals surface area contributed by atoms with Crippen LogP contribution in [0.4, 0.5) is 11.4 Å². The second-order valence-corrected chi connectivity index (χ2v) is 5.05. The van der Waals surface area contributed by atoms with Crippen molar-refractivity contribution in [2.45, 2.75) is 13.8 Å². The van der Waals surface area contributed by atoms with Gasteiger partial charge in [0.1, 0.15) is 0 Å². The molecule has 2 N–H and O–H groups in total. The number of anilines is 2. The standard InChI is InChI=1S/C16H17ClN2O/c1-3-19(15-7-5-4-6-11(15)2)16(20)12-8-13(17)10-14(18)9-12/h4-10H,3,18H2,1-2H3. The van der Waals surface area contributed by atoms with E-state index in [9.17, 15) is 4.79 Å². The van der Waals surface area contributed by atoms with Crippen LogP contribution >= 0.6 is 11.6 Å². The van der Waals surface area contributed by atoms with Crippen molar-refractivity contribution in [1.82, 2.24) is 0 Å². The highest BCUT2D eigenvalue weighted by molar-refractivity contribution is 6.31. The molecule has 0 aliphatic carbocycles. The van der Waals surface area contributed by atoms with Gasteiger partial charge in [0, 0.05) is 28.5 Å². The predicted molar refractivity (Wildman–Crippen MR) is 84.4 cm³/mol. The van der Waals surface area contributed by atoms with Crippen molar-refractivity contribution in [3.8, 4) is 0 Å². The number of nitrogen functional groups attached to an aromatic ring is 1. The van der Waals surface area contributed by atoms with E-state index < -0.39 is 0 Å². The summed E-state index contributed by atoms with van der Waals surface area (Å²) in [4.78, 5) is 14.4. The monoisotopic (exact) mass is 288 g/mol. The third kappa shape index (κ3) is 2.94. The quantitative estimate of drug-likeness (QED) is 0.871. The second kappa shape index (κ2) is 5.97. The third-order valence-corrected chi connectivity index (χ3v) is 3.35. The Morgan fingerprint density at radius 1 is 1.25 bits per heavy atom. The normalized spacial score (nSPS) is 10.3. The molecule has 0 aliphatic rings. The number of halogens is 1. The van der Waals surface area contributed by atoms with Crippen LogP contribution in [0.25, 0.3) is 0 Å². The molecule has 20 heavy (non-hydrogen) atoms. The molecule has 2 aromatic rings. The minimum absolute atomic E-state index is 0.101. The van der Waals surface area contributed by atoms with Crippen LogP contribution in [0.2, 0.25) is 5.02 Å². The predicted octanol–water partition coefficient (Wildman–Crippen LogP) is 3.90. The highest BCUT2D eigenvalue weighted by Crippen LogP contribution is 2.23. The van der Waals surface area contributed by atoms with E-state index in [0.717, 1.165) is 11.3 Å². The van der Waals surface area contributed by atoms with E-state index in [0.29, 0.717) is 22.8 Å². The maximum atomic E-state index is 12.6. The van der Waals surface area contributed by atoms with Crippen molar-refractivity contribution in [2.75, 3.05) is 17.2 Å². The molecule has 0 bridgehead atoms. The first-order chi connectivity index (χ1) is 9.52. The molecule has 2 aromatic carbocycles. The maximum Gasteiger partial charge on any atom is 0.258 e. The van der Waals surface area contributed by atoms with E-state index in [1.807, 2.05) is 38.1 Å². The van der Waals surface area contributed by atoms with Crippen LogP contribution in [0, 0.1) is 6.92 Å². The first-order valence-electron chi connectivity index (χ1n) is 6.46. The average molecular weight is 289 g/mol. The molecule has 104 valence electrons. The number of para-hydroxylation sites is 1. The van der Waals surface area contributed by atoms with Gasteiger partial charge < -0.3 is 10.6 Å². The van der Waals surface area contributed by atoms with Crippen LogP contribution < -0.4 is 10.6 Å². The molecular weight excluding hydrogens is 272 g/mol. The minimum atomic E-state index is -0.101. The van der Waals surface area contributed by atoms with Crippen molar-refractivity contribution in [1.29, 1.82) is 0 Å². The van der Waals surface area contributed by atoms with Crippen LogP contribution in [0.1, 0.15) is 22.8 Å². The van der Waals surface area contributed by atoms with Gasteiger partial charge in [0.25, 0.3) is 5.91 Å². The van der Waals surface area contributed by atoms with E-state index in [4.69, 9.17) is 17.3 Å². The Morgan fingerprint density at radius 2 is 1.95 bits per heavy atom. The summed E-state index contributed by atoms with van der Waals surface area (Å²) in [5.41, 5.74) is 8.69. The summed E-state index contributed by atoms with van der Waals surface area (Å²) >= 11 is 5.97. The van der Waals surface area contributed by atoms with Gasteiger partial charge in [-0.2, -0.15) is 0 Å². The van der Waals surface area contributed by atoms with E-state index in [2.05, 4.69) is 0 Å². The molecule has 0 unspecified atom stereocenters. The molecule has 0 aromatic heterocycles. The molecule has 0 saturated heterocycles. The van der Waals surface area contributed by atoms with Crippen LogP contribution in [0.15, 0.2) is 42.5 Å². The number of carbonyl (C=O) groups is 1. The average Bonchev–Trinajstić information content (AvgIpc) is 2.40. The van der Waals surface area contributed by atoms with Gasteiger partial charge in [-0.3, -0.25) is 4.79 Å². The fourth-order valence-electron chi connectivity index (χ4n) is 2.18. The van der Waals surface area contributed by atoms with Crippen LogP contribution in [-0.2, 0) is 0 Å². The highest BCUT2D eigenvalue weighted by Gasteiger charge is 2.18. The molecule has 4 heteroatoms. The summed E-state index contributed by atoms with van der Waals surface area (Å²) in [6, 6.07) is 12.7. The molecule has 0 saturated carbocycles. The highest BCUT2D eigenvalue weighted by atomic mass is 35.5. The largest absolute Gasteiger partial charge is 0.399 e. The van der Waals surface area contributed by atoms with Crippen LogP contribution in [-0.4, -0.2) is 12.5 Å². The minimum Gasteiger partial charge on any atom is -0.399 e. The van der Waals surface area contributed by atoms with Gasteiger partial charge in [-0.25, -0.2) is 0 Å². The van der Waals surface area contributed by atoms with Crippen molar-refractivity contribution in [3.63, 3.8) is 0 Å². The molecule has 0 fully saturated rings. The molecule has 0 spiro atoms. The van der Waals surface area contributed by atoms with Crippen molar-refractivity contribution in [2.24, 2.45) is 0 Å². The Balaban J connectivity index is 2.42. The maximum absolute atomic E-state index is 12.6. The lowest BCUT2D eigenvalue weighted by molar-refractivity contribution is 0.0988. The van der Waals surface area contributed by atoms with E-state index in [1.165, 1.54) is 0 Å². The van der Waals surface area contributed by atoms with Crippen molar-refractivity contribution >= 4 is 28.9 Å². The van der Waals surface area contributed by atoms with Crippen molar-refractivity contribution in [3.05, 3.63) is 58.6 Å². The summed E-state index contributed by atoms with van der Waals surface area (Å²) in [6.07, 6.45) is 0. The first-order valence-corrected chi connectivity index (χ1v) is 6.84. The number of hydrogen-bond donors (Lipinski definition) is 1. The van der Waals surface area contributed by atoms with Gasteiger partial charge in [-0.05, 0) is 43.7 Å². The fraction of sp³-hybridized carbons (Fsp3) is 0.188. The number of nitrogens with zero attached hydrogens (tertiary/aromatic N) is 1. The number of amides is 1. The van der Waals surface area contributed by atoms with Crippen LogP contribution in [0.3, 0.4) is 0 Å². The Labute approximate surface area is 124 Å². The number of nitrogens with two attached hydrogens (primary N) is 1. The van der Waals surface area contributed by atoms with E-state index >= 15 is 0 Å².